The van der Waals surface area contributed by atoms with Gasteiger partial charge in [0.05, 0.1) is 10.5 Å². The van der Waals surface area contributed by atoms with Crippen molar-refractivity contribution in [3.63, 3.8) is 0 Å². The smallest absolute Gasteiger partial charge is 0.191 e. The quantitative estimate of drug-likeness (QED) is 0.458. The van der Waals surface area contributed by atoms with Gasteiger partial charge in [0.15, 0.2) is 15.8 Å². The lowest BCUT2D eigenvalue weighted by atomic mass is 10.1. The second-order valence-corrected chi connectivity index (χ2v) is 11.0. The van der Waals surface area contributed by atoms with Gasteiger partial charge in [-0.1, -0.05) is 30.3 Å². The van der Waals surface area contributed by atoms with Crippen molar-refractivity contribution >= 4 is 15.8 Å². The Morgan fingerprint density at radius 3 is 2.39 bits per heavy atom. The van der Waals surface area contributed by atoms with E-state index in [2.05, 4.69) is 58.8 Å². The molecule has 0 amide bonds. The molecule has 1 unspecified atom stereocenters. The summed E-state index contributed by atoms with van der Waals surface area (Å²) in [5, 5.41) is 6.32. The molecule has 0 spiro atoms. The number of nitrogens with one attached hydrogen (secondary N) is 2. The maximum Gasteiger partial charge on any atom is 0.191 e. The number of hydrogen-bond acceptors (Lipinski definition) is 4. The van der Waals surface area contributed by atoms with Crippen molar-refractivity contribution in [1.29, 1.82) is 0 Å². The summed E-state index contributed by atoms with van der Waals surface area (Å²) in [6, 6.07) is 10.8. The molecular weight excluding hydrogens is 372 g/mol. The van der Waals surface area contributed by atoms with E-state index in [4.69, 9.17) is 0 Å². The van der Waals surface area contributed by atoms with Gasteiger partial charge in [0.25, 0.3) is 0 Å². The minimum atomic E-state index is -3.14. The number of aliphatic imine (C=N–C) groups is 1. The second-order valence-electron chi connectivity index (χ2n) is 8.16. The van der Waals surface area contributed by atoms with Crippen LogP contribution in [0.5, 0.6) is 0 Å². The molecule has 0 heterocycles. The molecule has 1 rings (SSSR count). The number of rotatable bonds is 10. The third kappa shape index (κ3) is 8.61. The van der Waals surface area contributed by atoms with E-state index >= 15 is 0 Å². The summed E-state index contributed by atoms with van der Waals surface area (Å²) in [6.45, 7) is 12.1. The normalized spacial score (nSPS) is 14.2. The molecule has 0 bridgehead atoms. The lowest BCUT2D eigenvalue weighted by Crippen LogP contribution is -2.42. The van der Waals surface area contributed by atoms with Gasteiger partial charge < -0.3 is 10.6 Å². The molecule has 7 heteroatoms. The van der Waals surface area contributed by atoms with Crippen LogP contribution in [0.1, 0.15) is 46.6 Å². The van der Waals surface area contributed by atoms with Crippen LogP contribution >= 0.6 is 0 Å². The van der Waals surface area contributed by atoms with Crippen LogP contribution in [0.3, 0.4) is 0 Å². The minimum Gasteiger partial charge on any atom is -0.357 e. The highest BCUT2D eigenvalue weighted by Gasteiger charge is 2.28. The highest BCUT2D eigenvalue weighted by atomic mass is 32.2. The highest BCUT2D eigenvalue weighted by molar-refractivity contribution is 7.92. The first-order valence-corrected chi connectivity index (χ1v) is 11.7. The van der Waals surface area contributed by atoms with E-state index in [-0.39, 0.29) is 5.75 Å². The summed E-state index contributed by atoms with van der Waals surface area (Å²) in [4.78, 5) is 6.92. The Balaban J connectivity index is 2.48. The van der Waals surface area contributed by atoms with E-state index in [1.54, 1.807) is 20.8 Å². The molecule has 0 saturated heterocycles. The molecule has 28 heavy (non-hydrogen) atoms. The molecule has 0 aromatic heterocycles. The average molecular weight is 411 g/mol. The van der Waals surface area contributed by atoms with E-state index < -0.39 is 14.6 Å². The van der Waals surface area contributed by atoms with E-state index in [9.17, 15) is 8.42 Å². The predicted molar refractivity (Wildman–Crippen MR) is 120 cm³/mol. The van der Waals surface area contributed by atoms with Gasteiger partial charge in [-0.25, -0.2) is 8.42 Å². The van der Waals surface area contributed by atoms with Crippen molar-refractivity contribution in [2.45, 2.75) is 58.4 Å². The van der Waals surface area contributed by atoms with E-state index in [0.717, 1.165) is 19.5 Å². The van der Waals surface area contributed by atoms with Gasteiger partial charge in [0.2, 0.25) is 0 Å². The van der Waals surface area contributed by atoms with Crippen LogP contribution in [0.4, 0.5) is 0 Å². The minimum absolute atomic E-state index is 0.0944. The van der Waals surface area contributed by atoms with Gasteiger partial charge in [0, 0.05) is 32.2 Å². The maximum absolute atomic E-state index is 12.2. The Morgan fingerprint density at radius 2 is 1.82 bits per heavy atom. The molecule has 160 valence electrons. The zero-order chi connectivity index (χ0) is 21.2. The van der Waals surface area contributed by atoms with Gasteiger partial charge >= 0.3 is 0 Å². The van der Waals surface area contributed by atoms with Crippen molar-refractivity contribution < 1.29 is 8.42 Å². The average Bonchev–Trinajstić information content (AvgIpc) is 2.61. The highest BCUT2D eigenvalue weighted by Crippen LogP contribution is 2.15. The molecule has 0 saturated carbocycles. The molecule has 1 atom stereocenters. The zero-order valence-electron chi connectivity index (χ0n) is 18.3. The first-order chi connectivity index (χ1) is 13.1. The van der Waals surface area contributed by atoms with Gasteiger partial charge in [-0.3, -0.25) is 9.89 Å². The molecule has 6 nitrogen and oxygen atoms in total. The van der Waals surface area contributed by atoms with Gasteiger partial charge in [-0.2, -0.15) is 0 Å². The summed E-state index contributed by atoms with van der Waals surface area (Å²) >= 11 is 0. The molecule has 0 fully saturated rings. The molecule has 1 aromatic carbocycles. The van der Waals surface area contributed by atoms with E-state index in [1.807, 2.05) is 13.0 Å². The van der Waals surface area contributed by atoms with Crippen LogP contribution in [-0.2, 0) is 16.4 Å². The van der Waals surface area contributed by atoms with Crippen LogP contribution in [-0.4, -0.2) is 62.5 Å². The first-order valence-electron chi connectivity index (χ1n) is 10.1. The Bertz CT molecular complexity index is 697. The van der Waals surface area contributed by atoms with Gasteiger partial charge in [0.1, 0.15) is 0 Å². The largest absolute Gasteiger partial charge is 0.357 e. The third-order valence-corrected chi connectivity index (χ3v) is 7.39. The Kier molecular flexibility index (Phi) is 9.96. The summed E-state index contributed by atoms with van der Waals surface area (Å²) in [5.74, 6) is 0.765. The Hall–Kier alpha value is -1.60. The number of hydrogen-bond donors (Lipinski definition) is 2. The summed E-state index contributed by atoms with van der Waals surface area (Å²) in [7, 11) is -1.01. The van der Waals surface area contributed by atoms with Crippen LogP contribution in [0.2, 0.25) is 0 Å². The molecule has 1 aromatic rings. The molecule has 0 aliphatic heterocycles. The Morgan fingerprint density at radius 1 is 1.18 bits per heavy atom. The monoisotopic (exact) mass is 410 g/mol. The van der Waals surface area contributed by atoms with E-state index in [1.165, 1.54) is 5.56 Å². The van der Waals surface area contributed by atoms with Gasteiger partial charge in [-0.15, -0.1) is 0 Å². The van der Waals surface area contributed by atoms with Crippen LogP contribution < -0.4 is 10.6 Å². The number of benzene rings is 1. The molecule has 2 N–H and O–H groups in total. The SMILES string of the molecule is CCNC(=NCCC(C)N(C)Cc1ccccc1)NCCS(=O)(=O)C(C)(C)C. The van der Waals surface area contributed by atoms with Crippen molar-refractivity contribution in [1.82, 2.24) is 15.5 Å². The lowest BCUT2D eigenvalue weighted by molar-refractivity contribution is 0.240. The summed E-state index contributed by atoms with van der Waals surface area (Å²) < 4.78 is 23.7. The van der Waals surface area contributed by atoms with E-state index in [0.29, 0.717) is 25.1 Å². The van der Waals surface area contributed by atoms with Crippen molar-refractivity contribution in [3.8, 4) is 0 Å². The number of sulfone groups is 1. The summed E-state index contributed by atoms with van der Waals surface area (Å²) in [6.07, 6.45) is 0.931. The van der Waals surface area contributed by atoms with Crippen LogP contribution in [0.25, 0.3) is 0 Å². The van der Waals surface area contributed by atoms with Crippen molar-refractivity contribution in [2.75, 3.05) is 32.4 Å². The Labute approximate surface area is 171 Å². The number of guanidine groups is 1. The fourth-order valence-electron chi connectivity index (χ4n) is 2.56. The maximum atomic E-state index is 12.2. The van der Waals surface area contributed by atoms with Crippen LogP contribution in [0, 0.1) is 0 Å². The van der Waals surface area contributed by atoms with Crippen LogP contribution in [0.15, 0.2) is 35.3 Å². The van der Waals surface area contributed by atoms with Crippen molar-refractivity contribution in [2.24, 2.45) is 4.99 Å². The summed E-state index contributed by atoms with van der Waals surface area (Å²) in [5.41, 5.74) is 1.30. The third-order valence-electron chi connectivity index (χ3n) is 4.78. The lowest BCUT2D eigenvalue weighted by Gasteiger charge is -2.24. The standard InChI is InChI=1S/C21H38N4O2S/c1-7-22-20(24-15-16-28(26,27)21(3,4)5)23-14-13-18(2)25(6)17-19-11-9-8-10-12-19/h8-12,18H,7,13-17H2,1-6H3,(H2,22,23,24). The predicted octanol–water partition coefficient (Wildman–Crippen LogP) is 2.67. The molecule has 0 aliphatic carbocycles. The topological polar surface area (TPSA) is 73.8 Å². The second kappa shape index (κ2) is 11.4. The molecule has 0 aliphatic rings. The van der Waals surface area contributed by atoms with Gasteiger partial charge in [-0.05, 0) is 53.7 Å². The fourth-order valence-corrected chi connectivity index (χ4v) is 3.55. The number of nitrogens with zero attached hydrogens (tertiary/aromatic N) is 2. The zero-order valence-corrected chi connectivity index (χ0v) is 19.1. The molecule has 0 radical (unpaired) electrons. The fraction of sp³-hybridized carbons (Fsp3) is 0.667. The van der Waals surface area contributed by atoms with Crippen molar-refractivity contribution in [3.05, 3.63) is 35.9 Å². The molecular formula is C21H38N4O2S. The first kappa shape index (κ1) is 24.4.